The summed E-state index contributed by atoms with van der Waals surface area (Å²) in [5, 5.41) is 12.5. The maximum atomic E-state index is 6.47. The standard InChI is InChI=1S/C49H35N3OS/c1-3-12-30(13-4-1)47-50-48(31-14-5-2-6-15-31)52-49(51-47)36-19-9-18-34(26-36)37-20-10-22-39-40-23-11-21-38(46(40)54-45(37)39)35-24-25-43-41(28-35)42-27-32-16-7-8-17-33(32)29-44(42)53-43/h1-29,42,44,47,49,51H,(H,50,52). The van der Waals surface area contributed by atoms with E-state index in [9.17, 15) is 0 Å². The average Bonchev–Trinajstić information content (AvgIpc) is 3.81. The number of hydrogen-bond acceptors (Lipinski definition) is 5. The summed E-state index contributed by atoms with van der Waals surface area (Å²) in [6, 6.07) is 58.6. The van der Waals surface area contributed by atoms with Gasteiger partial charge in [-0.3, -0.25) is 5.32 Å². The minimum atomic E-state index is -0.226. The van der Waals surface area contributed by atoms with Crippen LogP contribution in [0.25, 0.3) is 54.6 Å². The van der Waals surface area contributed by atoms with Crippen LogP contribution in [0.3, 0.4) is 0 Å². The van der Waals surface area contributed by atoms with Gasteiger partial charge in [0.25, 0.3) is 0 Å². The van der Waals surface area contributed by atoms with Crippen LogP contribution in [0.2, 0.25) is 0 Å². The molecule has 4 atom stereocenters. The van der Waals surface area contributed by atoms with Crippen LogP contribution >= 0.6 is 11.3 Å². The number of ether oxygens (including phenoxy) is 1. The Balaban J connectivity index is 0.984. The average molecular weight is 714 g/mol. The highest BCUT2D eigenvalue weighted by atomic mass is 32.1. The molecular formula is C49H35N3OS. The number of thiophene rings is 1. The smallest absolute Gasteiger partial charge is 0.131 e. The molecule has 3 heterocycles. The summed E-state index contributed by atoms with van der Waals surface area (Å²) in [6.07, 6.45) is 4.38. The van der Waals surface area contributed by atoms with E-state index in [1.165, 1.54) is 64.0 Å². The molecule has 54 heavy (non-hydrogen) atoms. The minimum absolute atomic E-state index is 0.0310. The summed E-state index contributed by atoms with van der Waals surface area (Å²) < 4.78 is 9.07. The fourth-order valence-corrected chi connectivity index (χ4v) is 9.80. The third-order valence-corrected chi connectivity index (χ3v) is 12.4. The van der Waals surface area contributed by atoms with Crippen molar-refractivity contribution in [3.63, 3.8) is 0 Å². The van der Waals surface area contributed by atoms with Crippen molar-refractivity contribution in [3.8, 4) is 28.0 Å². The van der Waals surface area contributed by atoms with Crippen molar-refractivity contribution in [2.45, 2.75) is 24.4 Å². The Labute approximate surface area is 317 Å². The van der Waals surface area contributed by atoms with E-state index >= 15 is 0 Å². The van der Waals surface area contributed by atoms with Gasteiger partial charge in [-0.25, -0.2) is 4.99 Å². The first kappa shape index (κ1) is 31.3. The fraction of sp³-hybridized carbons (Fsp3) is 0.0816. The van der Waals surface area contributed by atoms with Crippen LogP contribution in [-0.4, -0.2) is 11.9 Å². The molecule has 5 heteroatoms. The molecule has 8 aromatic rings. The van der Waals surface area contributed by atoms with Crippen LogP contribution in [0.5, 0.6) is 5.75 Å². The third kappa shape index (κ3) is 5.27. The van der Waals surface area contributed by atoms with Gasteiger partial charge in [-0.15, -0.1) is 11.3 Å². The van der Waals surface area contributed by atoms with Gasteiger partial charge in [-0.1, -0.05) is 152 Å². The molecule has 0 spiro atoms. The van der Waals surface area contributed by atoms with E-state index in [0.717, 1.165) is 22.7 Å². The van der Waals surface area contributed by atoms with Gasteiger partial charge in [0.2, 0.25) is 0 Å². The zero-order chi connectivity index (χ0) is 35.6. The first-order valence-electron chi connectivity index (χ1n) is 18.6. The molecule has 0 radical (unpaired) electrons. The molecule has 0 fully saturated rings. The molecule has 2 N–H and O–H groups in total. The molecule has 0 saturated heterocycles. The van der Waals surface area contributed by atoms with Gasteiger partial charge in [0.15, 0.2) is 0 Å². The highest BCUT2D eigenvalue weighted by molar-refractivity contribution is 7.26. The number of benzene rings is 7. The van der Waals surface area contributed by atoms with E-state index in [2.05, 4.69) is 181 Å². The Hall–Kier alpha value is -6.27. The van der Waals surface area contributed by atoms with Gasteiger partial charge in [-0.2, -0.15) is 0 Å². The van der Waals surface area contributed by atoms with Crippen molar-refractivity contribution in [3.05, 3.63) is 196 Å². The van der Waals surface area contributed by atoms with Crippen molar-refractivity contribution < 1.29 is 4.74 Å². The van der Waals surface area contributed by atoms with E-state index in [1.807, 2.05) is 17.4 Å². The lowest BCUT2D eigenvalue weighted by Crippen LogP contribution is -2.44. The van der Waals surface area contributed by atoms with E-state index in [0.29, 0.717) is 0 Å². The number of fused-ring (bicyclic) bond motifs is 7. The van der Waals surface area contributed by atoms with Crippen LogP contribution < -0.4 is 25.8 Å². The molecular weight excluding hydrogens is 679 g/mol. The Morgan fingerprint density at radius 2 is 1.17 bits per heavy atom. The van der Waals surface area contributed by atoms with Gasteiger partial charge in [0.1, 0.15) is 30.0 Å². The first-order valence-corrected chi connectivity index (χ1v) is 19.4. The Kier molecular flexibility index (Phi) is 7.35. The molecule has 0 saturated carbocycles. The number of aliphatic imine (C=N–C) groups is 1. The molecule has 258 valence electrons. The largest absolute Gasteiger partial charge is 0.485 e. The molecule has 1 aromatic heterocycles. The number of hydrogen-bond donors (Lipinski definition) is 2. The van der Waals surface area contributed by atoms with E-state index in [1.54, 1.807) is 0 Å². The topological polar surface area (TPSA) is 45.7 Å². The third-order valence-electron chi connectivity index (χ3n) is 11.1. The maximum Gasteiger partial charge on any atom is 0.131 e. The zero-order valence-corrected chi connectivity index (χ0v) is 30.1. The van der Waals surface area contributed by atoms with Crippen LogP contribution in [0.1, 0.15) is 40.5 Å². The number of nitrogens with zero attached hydrogens (tertiary/aromatic N) is 1. The molecule has 1 aliphatic carbocycles. The summed E-state index contributed by atoms with van der Waals surface area (Å²) >= 11 is 1.89. The summed E-state index contributed by atoms with van der Waals surface area (Å²) in [6.45, 7) is 0. The number of nitrogens with one attached hydrogen (secondary N) is 2. The van der Waals surface area contributed by atoms with Crippen LogP contribution in [-0.2, 0) is 0 Å². The van der Waals surface area contributed by atoms with Gasteiger partial charge in [-0.05, 0) is 68.1 Å². The molecule has 7 aromatic carbocycles. The predicted octanol–water partition coefficient (Wildman–Crippen LogP) is 9.84. The molecule has 11 rings (SSSR count). The lowest BCUT2D eigenvalue weighted by Gasteiger charge is -2.32. The van der Waals surface area contributed by atoms with Crippen molar-refractivity contribution in [1.29, 1.82) is 0 Å². The number of amidine groups is 1. The Morgan fingerprint density at radius 1 is 0.537 bits per heavy atom. The SMILES string of the molecule is C1=c2ccccc2=CC2c3cc(-c4cccc5c4sc4c(-c6cccc(C7N=C(c8ccccc8)NC(c8ccccc8)N7)c6)cccc45)ccc3OC12. The lowest BCUT2D eigenvalue weighted by atomic mass is 9.88. The number of rotatable bonds is 5. The van der Waals surface area contributed by atoms with Gasteiger partial charge in [0.05, 0.1) is 0 Å². The van der Waals surface area contributed by atoms with E-state index in [4.69, 9.17) is 9.73 Å². The van der Waals surface area contributed by atoms with Crippen molar-refractivity contribution in [2.75, 3.05) is 0 Å². The summed E-state index contributed by atoms with van der Waals surface area (Å²) in [4.78, 5) is 5.22. The lowest BCUT2D eigenvalue weighted by molar-refractivity contribution is 0.288. The van der Waals surface area contributed by atoms with Gasteiger partial charge >= 0.3 is 0 Å². The highest BCUT2D eigenvalue weighted by Crippen LogP contribution is 2.47. The quantitative estimate of drug-likeness (QED) is 0.187. The summed E-state index contributed by atoms with van der Waals surface area (Å²) in [5.74, 6) is 2.08. The molecule has 4 nitrogen and oxygen atoms in total. The second-order valence-corrected chi connectivity index (χ2v) is 15.3. The second kappa shape index (κ2) is 12.7. The minimum Gasteiger partial charge on any atom is -0.485 e. The monoisotopic (exact) mass is 713 g/mol. The second-order valence-electron chi connectivity index (χ2n) is 14.3. The zero-order valence-electron chi connectivity index (χ0n) is 29.3. The van der Waals surface area contributed by atoms with E-state index < -0.39 is 0 Å². The van der Waals surface area contributed by atoms with Crippen LogP contribution in [0.4, 0.5) is 0 Å². The molecule has 3 aliphatic rings. The normalized spacial score (nSPS) is 19.7. The Morgan fingerprint density at radius 3 is 1.93 bits per heavy atom. The highest BCUT2D eigenvalue weighted by Gasteiger charge is 2.33. The van der Waals surface area contributed by atoms with Crippen LogP contribution in [0, 0.1) is 0 Å². The van der Waals surface area contributed by atoms with Crippen molar-refractivity contribution >= 4 is 49.5 Å². The molecule has 0 bridgehead atoms. The van der Waals surface area contributed by atoms with Gasteiger partial charge in [0, 0.05) is 37.2 Å². The molecule has 2 aliphatic heterocycles. The summed E-state index contributed by atoms with van der Waals surface area (Å²) in [5.41, 5.74) is 9.53. The van der Waals surface area contributed by atoms with Crippen molar-refractivity contribution in [1.82, 2.24) is 10.6 Å². The fourth-order valence-electron chi connectivity index (χ4n) is 8.43. The molecule has 4 unspecified atom stereocenters. The molecule has 0 amide bonds. The summed E-state index contributed by atoms with van der Waals surface area (Å²) in [7, 11) is 0. The Bertz CT molecular complexity index is 2900. The van der Waals surface area contributed by atoms with Crippen molar-refractivity contribution in [2.24, 2.45) is 4.99 Å². The van der Waals surface area contributed by atoms with Crippen LogP contribution in [0.15, 0.2) is 169 Å². The van der Waals surface area contributed by atoms with E-state index in [-0.39, 0.29) is 24.4 Å². The maximum absolute atomic E-state index is 6.47. The first-order chi connectivity index (χ1) is 26.7. The van der Waals surface area contributed by atoms with Gasteiger partial charge < -0.3 is 10.1 Å². The predicted molar refractivity (Wildman–Crippen MR) is 223 cm³/mol.